The van der Waals surface area contributed by atoms with Gasteiger partial charge < -0.3 is 10.1 Å². The van der Waals surface area contributed by atoms with E-state index < -0.39 is 0 Å². The summed E-state index contributed by atoms with van der Waals surface area (Å²) < 4.78 is 0.763. The number of H-pyrrole nitrogens is 1. The Morgan fingerprint density at radius 1 is 1.22 bits per heavy atom. The summed E-state index contributed by atoms with van der Waals surface area (Å²) in [5.41, 5.74) is 0.458. The largest absolute Gasteiger partial charge is 0.506 e. The van der Waals surface area contributed by atoms with Gasteiger partial charge in [-0.05, 0) is 24.3 Å². The van der Waals surface area contributed by atoms with Crippen LogP contribution in [0.2, 0.25) is 0 Å². The molecule has 0 saturated carbocycles. The summed E-state index contributed by atoms with van der Waals surface area (Å²) in [5.74, 6) is -0.207. The highest BCUT2D eigenvalue weighted by atomic mass is 79.9. The van der Waals surface area contributed by atoms with Gasteiger partial charge in [0, 0.05) is 10.0 Å². The van der Waals surface area contributed by atoms with Crippen LogP contribution in [0.25, 0.3) is 22.2 Å². The van der Waals surface area contributed by atoms with E-state index in [-0.39, 0.29) is 22.7 Å². The monoisotopic (exact) mass is 367 g/mol. The maximum Gasteiger partial charge on any atom is 0.259 e. The Morgan fingerprint density at radius 2 is 2.00 bits per heavy atom. The predicted molar refractivity (Wildman–Crippen MR) is 91.6 cm³/mol. The lowest BCUT2D eigenvalue weighted by atomic mass is 10.1. The van der Waals surface area contributed by atoms with E-state index in [1.54, 1.807) is 48.5 Å². The summed E-state index contributed by atoms with van der Waals surface area (Å²) in [4.78, 5) is 18.9. The van der Waals surface area contributed by atoms with E-state index in [9.17, 15) is 15.2 Å². The molecule has 112 valence electrons. The molecule has 5 nitrogen and oxygen atoms in total. The molecule has 23 heavy (non-hydrogen) atoms. The van der Waals surface area contributed by atoms with Gasteiger partial charge in [0.05, 0.1) is 10.9 Å². The molecule has 1 heterocycles. The molecule has 0 aliphatic heterocycles. The normalized spacial score (nSPS) is 11.8. The van der Waals surface area contributed by atoms with E-state index in [1.807, 2.05) is 6.07 Å². The summed E-state index contributed by atoms with van der Waals surface area (Å²) in [6.45, 7) is 0. The van der Waals surface area contributed by atoms with Crippen LogP contribution in [0.4, 0.5) is 0 Å². The zero-order chi connectivity index (χ0) is 16.4. The first-order valence-corrected chi connectivity index (χ1v) is 7.48. The van der Waals surface area contributed by atoms with Gasteiger partial charge in [0.15, 0.2) is 5.82 Å². The average Bonchev–Trinajstić information content (AvgIpc) is 2.55. The molecule has 0 radical (unpaired) electrons. The minimum Gasteiger partial charge on any atom is -0.506 e. The van der Waals surface area contributed by atoms with Crippen molar-refractivity contribution < 1.29 is 5.11 Å². The second-order valence-electron chi connectivity index (χ2n) is 4.78. The summed E-state index contributed by atoms with van der Waals surface area (Å²) in [6.07, 6.45) is 0. The smallest absolute Gasteiger partial charge is 0.259 e. The Labute approximate surface area is 139 Å². The summed E-state index contributed by atoms with van der Waals surface area (Å²) in [5, 5.41) is 20.2. The number of nitriles is 1. The van der Waals surface area contributed by atoms with Gasteiger partial charge in [-0.25, -0.2) is 4.98 Å². The predicted octanol–water partition coefficient (Wildman–Crippen LogP) is 3.64. The minimum absolute atomic E-state index is 0.0358. The van der Waals surface area contributed by atoms with Crippen LogP contribution in [0.1, 0.15) is 11.4 Å². The number of hydrogen-bond donors (Lipinski definition) is 2. The van der Waals surface area contributed by atoms with Gasteiger partial charge in [0.25, 0.3) is 5.56 Å². The molecule has 2 aromatic carbocycles. The molecular formula is C17H10BrN3O2. The van der Waals surface area contributed by atoms with Gasteiger partial charge in [-0.3, -0.25) is 4.79 Å². The number of nitrogens with zero attached hydrogens (tertiary/aromatic N) is 2. The number of aliphatic hydroxyl groups excluding tert-OH is 1. The molecule has 1 aromatic heterocycles. The van der Waals surface area contributed by atoms with Crippen molar-refractivity contribution in [2.24, 2.45) is 0 Å². The van der Waals surface area contributed by atoms with Gasteiger partial charge >= 0.3 is 0 Å². The second kappa shape index (κ2) is 6.07. The van der Waals surface area contributed by atoms with Gasteiger partial charge in [0.2, 0.25) is 0 Å². The van der Waals surface area contributed by atoms with Crippen LogP contribution in [0.15, 0.2) is 57.8 Å². The molecule has 0 fully saturated rings. The van der Waals surface area contributed by atoms with E-state index in [1.165, 1.54) is 0 Å². The lowest BCUT2D eigenvalue weighted by molar-refractivity contribution is 0.513. The Morgan fingerprint density at radius 3 is 2.74 bits per heavy atom. The molecule has 0 spiro atoms. The van der Waals surface area contributed by atoms with Crippen molar-refractivity contribution in [3.8, 4) is 6.07 Å². The Hall–Kier alpha value is -2.91. The number of aromatic amines is 1. The number of fused-ring (bicyclic) bond motifs is 1. The molecule has 0 unspecified atom stereocenters. The second-order valence-corrected chi connectivity index (χ2v) is 5.69. The van der Waals surface area contributed by atoms with E-state index in [4.69, 9.17) is 0 Å². The molecule has 0 saturated heterocycles. The van der Waals surface area contributed by atoms with Crippen LogP contribution in [-0.4, -0.2) is 15.1 Å². The lowest BCUT2D eigenvalue weighted by Crippen LogP contribution is -2.11. The maximum atomic E-state index is 12.1. The quantitative estimate of drug-likeness (QED) is 0.534. The molecule has 0 atom stereocenters. The molecule has 0 aliphatic rings. The van der Waals surface area contributed by atoms with Crippen molar-refractivity contribution in [1.29, 1.82) is 5.26 Å². The molecule has 6 heteroatoms. The number of nitrogens with one attached hydrogen (secondary N) is 1. The number of rotatable bonds is 2. The fraction of sp³-hybridized carbons (Fsp3) is 0. The van der Waals surface area contributed by atoms with Crippen LogP contribution in [-0.2, 0) is 0 Å². The highest BCUT2D eigenvalue weighted by molar-refractivity contribution is 9.10. The Balaban J connectivity index is 2.24. The van der Waals surface area contributed by atoms with E-state index in [0.29, 0.717) is 16.5 Å². The Bertz CT molecular complexity index is 1030. The number of allylic oxidation sites excluding steroid dienone is 1. The van der Waals surface area contributed by atoms with Gasteiger partial charge in [-0.2, -0.15) is 5.26 Å². The molecule has 0 aliphatic carbocycles. The summed E-state index contributed by atoms with van der Waals surface area (Å²) >= 11 is 3.31. The number of aliphatic hydroxyl groups is 1. The highest BCUT2D eigenvalue weighted by Crippen LogP contribution is 2.24. The summed E-state index contributed by atoms with van der Waals surface area (Å²) in [7, 11) is 0. The number of benzene rings is 2. The first kappa shape index (κ1) is 15.0. The fourth-order valence-electron chi connectivity index (χ4n) is 2.20. The summed E-state index contributed by atoms with van der Waals surface area (Å²) in [6, 6.07) is 15.6. The van der Waals surface area contributed by atoms with Gasteiger partial charge in [0.1, 0.15) is 17.4 Å². The first-order chi connectivity index (χ1) is 11.1. The van der Waals surface area contributed by atoms with Crippen molar-refractivity contribution in [3.63, 3.8) is 0 Å². The van der Waals surface area contributed by atoms with Crippen LogP contribution in [0, 0.1) is 11.3 Å². The third-order valence-corrected chi connectivity index (χ3v) is 3.79. The molecule has 3 rings (SSSR count). The van der Waals surface area contributed by atoms with Crippen molar-refractivity contribution in [1.82, 2.24) is 9.97 Å². The van der Waals surface area contributed by atoms with Gasteiger partial charge in [-0.1, -0.05) is 40.2 Å². The van der Waals surface area contributed by atoms with Crippen LogP contribution in [0.3, 0.4) is 0 Å². The zero-order valence-electron chi connectivity index (χ0n) is 11.7. The molecule has 2 N–H and O–H groups in total. The van der Waals surface area contributed by atoms with Crippen LogP contribution >= 0.6 is 15.9 Å². The van der Waals surface area contributed by atoms with Gasteiger partial charge in [-0.15, -0.1) is 0 Å². The highest BCUT2D eigenvalue weighted by Gasteiger charge is 2.14. The first-order valence-electron chi connectivity index (χ1n) is 6.69. The Kier molecular flexibility index (Phi) is 3.96. The number of halogens is 1. The third kappa shape index (κ3) is 2.87. The fourth-order valence-corrected chi connectivity index (χ4v) is 2.60. The van der Waals surface area contributed by atoms with Crippen LogP contribution < -0.4 is 5.56 Å². The van der Waals surface area contributed by atoms with Crippen LogP contribution in [0.5, 0.6) is 0 Å². The zero-order valence-corrected chi connectivity index (χ0v) is 13.3. The van der Waals surface area contributed by atoms with E-state index in [2.05, 4.69) is 25.9 Å². The third-order valence-electron chi connectivity index (χ3n) is 3.30. The molecular weight excluding hydrogens is 358 g/mol. The average molecular weight is 368 g/mol. The number of hydrogen-bond acceptors (Lipinski definition) is 4. The standard InChI is InChI=1S/C17H10BrN3O2/c18-11-5-3-4-10(8-11)15(22)13(9-19)16-20-14-7-2-1-6-12(14)17(23)21-16/h1-8,22H,(H,20,21,23)/b15-13-. The lowest BCUT2D eigenvalue weighted by Gasteiger charge is -2.06. The van der Waals surface area contributed by atoms with E-state index in [0.717, 1.165) is 4.47 Å². The van der Waals surface area contributed by atoms with E-state index >= 15 is 0 Å². The number of aromatic nitrogens is 2. The SMILES string of the molecule is N#C/C(=C(/O)c1cccc(Br)c1)c1nc2ccccc2c(=O)[nH]1. The minimum atomic E-state index is -0.361. The van der Waals surface area contributed by atoms with Crippen molar-refractivity contribution in [2.75, 3.05) is 0 Å². The molecule has 0 amide bonds. The van der Waals surface area contributed by atoms with Crippen molar-refractivity contribution >= 4 is 38.2 Å². The van der Waals surface area contributed by atoms with Crippen molar-refractivity contribution in [2.45, 2.75) is 0 Å². The number of para-hydroxylation sites is 1. The molecule has 3 aromatic rings. The topological polar surface area (TPSA) is 89.8 Å². The van der Waals surface area contributed by atoms with Crippen molar-refractivity contribution in [3.05, 3.63) is 74.7 Å². The maximum absolute atomic E-state index is 12.1. The molecule has 0 bridgehead atoms.